The largest absolute Gasteiger partial charge is 0.492 e. The molecule has 0 fully saturated rings. The SMILES string of the molecule is CCCNCC(=O)Nc1ccc(OCCN(C)C)cc1. The van der Waals surface area contributed by atoms with E-state index in [1.54, 1.807) is 0 Å². The van der Waals surface area contributed by atoms with E-state index in [4.69, 9.17) is 4.74 Å². The lowest BCUT2D eigenvalue weighted by atomic mass is 10.3. The fourth-order valence-electron chi connectivity index (χ4n) is 1.56. The Balaban J connectivity index is 2.32. The third kappa shape index (κ3) is 7.11. The number of anilines is 1. The fourth-order valence-corrected chi connectivity index (χ4v) is 1.56. The molecule has 1 rings (SSSR count). The monoisotopic (exact) mass is 279 g/mol. The van der Waals surface area contributed by atoms with E-state index in [2.05, 4.69) is 22.5 Å². The second-order valence-electron chi connectivity index (χ2n) is 4.90. The first-order valence-electron chi connectivity index (χ1n) is 7.00. The minimum Gasteiger partial charge on any atom is -0.492 e. The van der Waals surface area contributed by atoms with Gasteiger partial charge in [-0.05, 0) is 51.3 Å². The molecular weight excluding hydrogens is 254 g/mol. The van der Waals surface area contributed by atoms with Crippen LogP contribution in [0.2, 0.25) is 0 Å². The minimum absolute atomic E-state index is 0.0280. The van der Waals surface area contributed by atoms with E-state index < -0.39 is 0 Å². The Morgan fingerprint density at radius 2 is 1.95 bits per heavy atom. The molecule has 0 heterocycles. The zero-order valence-corrected chi connectivity index (χ0v) is 12.6. The average Bonchev–Trinajstić information content (AvgIpc) is 2.41. The third-order valence-corrected chi connectivity index (χ3v) is 2.66. The Hall–Kier alpha value is -1.59. The first-order chi connectivity index (χ1) is 9.61. The molecule has 2 N–H and O–H groups in total. The van der Waals surface area contributed by atoms with Crippen LogP contribution in [0.3, 0.4) is 0 Å². The maximum atomic E-state index is 11.6. The van der Waals surface area contributed by atoms with E-state index in [1.165, 1.54) is 0 Å². The van der Waals surface area contributed by atoms with Gasteiger partial charge in [-0.3, -0.25) is 4.79 Å². The molecule has 112 valence electrons. The highest BCUT2D eigenvalue weighted by atomic mass is 16.5. The van der Waals surface area contributed by atoms with Crippen molar-refractivity contribution in [1.29, 1.82) is 0 Å². The van der Waals surface area contributed by atoms with Gasteiger partial charge in [0.2, 0.25) is 5.91 Å². The zero-order chi connectivity index (χ0) is 14.8. The normalized spacial score (nSPS) is 10.6. The van der Waals surface area contributed by atoms with Gasteiger partial charge in [-0.25, -0.2) is 0 Å². The topological polar surface area (TPSA) is 53.6 Å². The predicted molar refractivity (Wildman–Crippen MR) is 82.3 cm³/mol. The molecule has 1 amide bonds. The van der Waals surface area contributed by atoms with Crippen LogP contribution in [0, 0.1) is 0 Å². The molecule has 0 aliphatic heterocycles. The number of rotatable bonds is 9. The summed E-state index contributed by atoms with van der Waals surface area (Å²) in [5.41, 5.74) is 0.785. The predicted octanol–water partition coefficient (Wildman–Crippen LogP) is 1.57. The Morgan fingerprint density at radius 3 is 2.55 bits per heavy atom. The summed E-state index contributed by atoms with van der Waals surface area (Å²) in [6.45, 7) is 4.79. The van der Waals surface area contributed by atoms with E-state index in [-0.39, 0.29) is 5.91 Å². The summed E-state index contributed by atoms with van der Waals surface area (Å²) in [5.74, 6) is 0.786. The molecule has 0 bridgehead atoms. The summed E-state index contributed by atoms with van der Waals surface area (Å²) in [6, 6.07) is 7.43. The molecule has 1 aromatic rings. The van der Waals surface area contributed by atoms with Crippen LogP contribution < -0.4 is 15.4 Å². The number of nitrogens with zero attached hydrogens (tertiary/aromatic N) is 1. The van der Waals surface area contributed by atoms with E-state index in [0.29, 0.717) is 13.2 Å². The molecule has 0 saturated carbocycles. The quantitative estimate of drug-likeness (QED) is 0.674. The van der Waals surface area contributed by atoms with Crippen molar-refractivity contribution in [1.82, 2.24) is 10.2 Å². The van der Waals surface area contributed by atoms with Gasteiger partial charge in [-0.1, -0.05) is 6.92 Å². The number of carbonyl (C=O) groups is 1. The number of carbonyl (C=O) groups excluding carboxylic acids is 1. The Bertz CT molecular complexity index is 391. The van der Waals surface area contributed by atoms with Crippen LogP contribution in [0.25, 0.3) is 0 Å². The molecule has 5 heteroatoms. The van der Waals surface area contributed by atoms with E-state index in [0.717, 1.165) is 30.9 Å². The second-order valence-corrected chi connectivity index (χ2v) is 4.90. The molecule has 20 heavy (non-hydrogen) atoms. The van der Waals surface area contributed by atoms with Gasteiger partial charge in [0.15, 0.2) is 0 Å². The van der Waals surface area contributed by atoms with Crippen molar-refractivity contribution in [3.05, 3.63) is 24.3 Å². The third-order valence-electron chi connectivity index (χ3n) is 2.66. The Labute approximate surface area is 121 Å². The molecule has 0 aliphatic rings. The number of benzene rings is 1. The van der Waals surface area contributed by atoms with E-state index in [9.17, 15) is 4.79 Å². The van der Waals surface area contributed by atoms with Gasteiger partial charge in [-0.2, -0.15) is 0 Å². The van der Waals surface area contributed by atoms with Crippen LogP contribution in [0.15, 0.2) is 24.3 Å². The standard InChI is InChI=1S/C15H25N3O2/c1-4-9-16-12-15(19)17-13-5-7-14(8-6-13)20-11-10-18(2)3/h5-8,16H,4,9-12H2,1-3H3,(H,17,19). The van der Waals surface area contributed by atoms with Gasteiger partial charge in [0.05, 0.1) is 6.54 Å². The van der Waals surface area contributed by atoms with Gasteiger partial charge in [0.1, 0.15) is 12.4 Å². The molecule has 0 radical (unpaired) electrons. The van der Waals surface area contributed by atoms with Gasteiger partial charge < -0.3 is 20.3 Å². The summed E-state index contributed by atoms with van der Waals surface area (Å²) in [6.07, 6.45) is 1.02. The van der Waals surface area contributed by atoms with E-state index >= 15 is 0 Å². The van der Waals surface area contributed by atoms with Crippen molar-refractivity contribution >= 4 is 11.6 Å². The van der Waals surface area contributed by atoms with Crippen molar-refractivity contribution in [2.24, 2.45) is 0 Å². The van der Waals surface area contributed by atoms with Gasteiger partial charge >= 0.3 is 0 Å². The van der Waals surface area contributed by atoms with Crippen molar-refractivity contribution in [2.75, 3.05) is 45.7 Å². The minimum atomic E-state index is -0.0280. The molecule has 0 unspecified atom stereocenters. The highest BCUT2D eigenvalue weighted by molar-refractivity contribution is 5.92. The first-order valence-corrected chi connectivity index (χ1v) is 7.00. The molecule has 0 aromatic heterocycles. The second kappa shape index (κ2) is 9.34. The summed E-state index contributed by atoms with van der Waals surface area (Å²) >= 11 is 0. The van der Waals surface area contributed by atoms with Crippen LogP contribution in [0.4, 0.5) is 5.69 Å². The molecule has 0 saturated heterocycles. The van der Waals surface area contributed by atoms with Crippen molar-refractivity contribution in [3.8, 4) is 5.75 Å². The zero-order valence-electron chi connectivity index (χ0n) is 12.6. The highest BCUT2D eigenvalue weighted by Gasteiger charge is 2.02. The average molecular weight is 279 g/mol. The van der Waals surface area contributed by atoms with Crippen LogP contribution in [-0.2, 0) is 4.79 Å². The molecule has 5 nitrogen and oxygen atoms in total. The molecule has 0 spiro atoms. The van der Waals surface area contributed by atoms with E-state index in [1.807, 2.05) is 38.4 Å². The molecule has 1 aromatic carbocycles. The number of hydrogen-bond acceptors (Lipinski definition) is 4. The number of nitrogens with one attached hydrogen (secondary N) is 2. The lowest BCUT2D eigenvalue weighted by Gasteiger charge is -2.11. The summed E-state index contributed by atoms with van der Waals surface area (Å²) in [4.78, 5) is 13.7. The maximum absolute atomic E-state index is 11.6. The number of ether oxygens (including phenoxy) is 1. The summed E-state index contributed by atoms with van der Waals surface area (Å²) < 4.78 is 5.59. The maximum Gasteiger partial charge on any atom is 0.238 e. The Morgan fingerprint density at radius 1 is 1.25 bits per heavy atom. The number of likely N-dealkylation sites (N-methyl/N-ethyl adjacent to an activating group) is 1. The molecular formula is C15H25N3O2. The van der Waals surface area contributed by atoms with Crippen LogP contribution in [0.1, 0.15) is 13.3 Å². The lowest BCUT2D eigenvalue weighted by molar-refractivity contribution is -0.115. The van der Waals surface area contributed by atoms with Crippen molar-refractivity contribution in [3.63, 3.8) is 0 Å². The fraction of sp³-hybridized carbons (Fsp3) is 0.533. The van der Waals surface area contributed by atoms with Gasteiger partial charge in [0, 0.05) is 12.2 Å². The summed E-state index contributed by atoms with van der Waals surface area (Å²) in [7, 11) is 4.02. The van der Waals surface area contributed by atoms with Crippen LogP contribution in [0.5, 0.6) is 5.75 Å². The molecule has 0 aliphatic carbocycles. The molecule has 0 atom stereocenters. The highest BCUT2D eigenvalue weighted by Crippen LogP contribution is 2.15. The summed E-state index contributed by atoms with van der Waals surface area (Å²) in [5, 5.41) is 5.90. The van der Waals surface area contributed by atoms with Gasteiger partial charge in [-0.15, -0.1) is 0 Å². The van der Waals surface area contributed by atoms with Crippen molar-refractivity contribution < 1.29 is 9.53 Å². The first kappa shape index (κ1) is 16.5. The number of hydrogen-bond donors (Lipinski definition) is 2. The van der Waals surface area contributed by atoms with Crippen LogP contribution in [-0.4, -0.2) is 51.1 Å². The number of amides is 1. The Kier molecular flexibility index (Phi) is 7.69. The smallest absolute Gasteiger partial charge is 0.238 e. The van der Waals surface area contributed by atoms with Gasteiger partial charge in [0.25, 0.3) is 0 Å². The van der Waals surface area contributed by atoms with Crippen LogP contribution >= 0.6 is 0 Å². The lowest BCUT2D eigenvalue weighted by Crippen LogP contribution is -2.28. The van der Waals surface area contributed by atoms with Crippen molar-refractivity contribution in [2.45, 2.75) is 13.3 Å².